The maximum Gasteiger partial charge on any atom is 0.324 e. The van der Waals surface area contributed by atoms with E-state index < -0.39 is 0 Å². The minimum Gasteiger partial charge on any atom is -0.403 e. The highest BCUT2D eigenvalue weighted by molar-refractivity contribution is 6.33. The summed E-state index contributed by atoms with van der Waals surface area (Å²) >= 11 is 6.31. The molecular weight excluding hydrogens is 416 g/mol. The molecule has 0 saturated heterocycles. The summed E-state index contributed by atoms with van der Waals surface area (Å²) in [7, 11) is 1.86. The van der Waals surface area contributed by atoms with Gasteiger partial charge in [-0.1, -0.05) is 28.8 Å². The summed E-state index contributed by atoms with van der Waals surface area (Å²) in [6.07, 6.45) is 7.25. The molecule has 31 heavy (non-hydrogen) atoms. The van der Waals surface area contributed by atoms with Crippen molar-refractivity contribution in [2.24, 2.45) is 7.05 Å². The number of aromatic amines is 1. The Kier molecular flexibility index (Phi) is 4.61. The highest BCUT2D eigenvalue weighted by atomic mass is 35.5. The van der Waals surface area contributed by atoms with E-state index in [0.717, 1.165) is 16.5 Å². The summed E-state index contributed by atoms with van der Waals surface area (Å²) in [4.78, 5) is 9.19. The number of nitrogens with one attached hydrogen (secondary N) is 1. The van der Waals surface area contributed by atoms with E-state index in [0.29, 0.717) is 27.8 Å². The molecule has 152 valence electrons. The first kappa shape index (κ1) is 18.8. The van der Waals surface area contributed by atoms with E-state index in [1.165, 1.54) is 0 Å². The highest BCUT2D eigenvalue weighted by Crippen LogP contribution is 2.34. The summed E-state index contributed by atoms with van der Waals surface area (Å²) in [6.45, 7) is 0.00591. The summed E-state index contributed by atoms with van der Waals surface area (Å²) in [5.74, 6) is 0.307. The monoisotopic (exact) mass is 430 g/mol. The molecule has 0 fully saturated rings. The summed E-state index contributed by atoms with van der Waals surface area (Å²) in [5, 5.41) is 23.2. The van der Waals surface area contributed by atoms with Gasteiger partial charge in [0.25, 0.3) is 5.89 Å². The van der Waals surface area contributed by atoms with Gasteiger partial charge in [0.15, 0.2) is 0 Å². The van der Waals surface area contributed by atoms with Gasteiger partial charge in [-0.15, -0.1) is 5.10 Å². The normalized spacial score (nSPS) is 11.0. The molecule has 10 heteroatoms. The number of benzene rings is 1. The van der Waals surface area contributed by atoms with Gasteiger partial charge in [0.05, 0.1) is 28.5 Å². The van der Waals surface area contributed by atoms with Gasteiger partial charge in [0, 0.05) is 42.2 Å². The smallest absolute Gasteiger partial charge is 0.324 e. The van der Waals surface area contributed by atoms with Crippen LogP contribution in [0, 0.1) is 11.3 Å². The number of nitrogens with zero attached hydrogens (tertiary/aromatic N) is 7. The first-order chi connectivity index (χ1) is 15.1. The zero-order chi connectivity index (χ0) is 21.4. The molecule has 0 unspecified atom stereocenters. The molecule has 4 aromatic heterocycles. The molecule has 0 amide bonds. The number of fused-ring (bicyclic) bond motifs is 1. The van der Waals surface area contributed by atoms with Crippen molar-refractivity contribution in [2.45, 2.75) is 0 Å². The average Bonchev–Trinajstić information content (AvgIpc) is 3.51. The molecule has 4 heterocycles. The number of aromatic nitrogens is 6. The van der Waals surface area contributed by atoms with Crippen molar-refractivity contribution >= 4 is 34.3 Å². The first-order valence-corrected chi connectivity index (χ1v) is 9.71. The van der Waals surface area contributed by atoms with Crippen LogP contribution >= 0.6 is 11.6 Å². The van der Waals surface area contributed by atoms with Crippen LogP contribution in [0.4, 0.5) is 11.7 Å². The van der Waals surface area contributed by atoms with Gasteiger partial charge in [-0.05, 0) is 18.2 Å². The number of H-pyrrole nitrogens is 1. The molecule has 0 radical (unpaired) electrons. The van der Waals surface area contributed by atoms with E-state index in [-0.39, 0.29) is 12.6 Å². The van der Waals surface area contributed by atoms with Gasteiger partial charge in [0.2, 0.25) is 0 Å². The number of nitriles is 1. The molecule has 0 bridgehead atoms. The quantitative estimate of drug-likeness (QED) is 0.413. The zero-order valence-electron chi connectivity index (χ0n) is 16.3. The van der Waals surface area contributed by atoms with Crippen LogP contribution in [-0.4, -0.2) is 36.5 Å². The molecule has 1 aromatic carbocycles. The third-order valence-electron chi connectivity index (χ3n) is 4.82. The number of hydrogen-bond acceptors (Lipinski definition) is 7. The lowest BCUT2D eigenvalue weighted by Crippen LogP contribution is -2.17. The highest BCUT2D eigenvalue weighted by Gasteiger charge is 2.21. The molecule has 1 N–H and O–H groups in total. The summed E-state index contributed by atoms with van der Waals surface area (Å²) in [5.41, 5.74) is 3.89. The van der Waals surface area contributed by atoms with Crippen molar-refractivity contribution in [3.05, 3.63) is 60.1 Å². The van der Waals surface area contributed by atoms with E-state index in [1.54, 1.807) is 40.3 Å². The van der Waals surface area contributed by atoms with Crippen LogP contribution in [0.1, 0.15) is 0 Å². The fraction of sp³-hybridized carbons (Fsp3) is 0.0952. The van der Waals surface area contributed by atoms with Crippen molar-refractivity contribution in [1.29, 1.82) is 5.26 Å². The standard InChI is InChI=1S/C21H15ClN8O/c1-29-12-14(10-26-29)13-8-15-16(11-25-19(15)24-9-13)20-27-28-21(31-20)30(7-6-23)18-5-3-2-4-17(18)22/h2-5,8-12H,7H2,1H3,(H,24,25). The lowest BCUT2D eigenvalue weighted by Gasteiger charge is -2.17. The average molecular weight is 431 g/mol. The van der Waals surface area contributed by atoms with E-state index in [4.69, 9.17) is 16.0 Å². The Labute approximate surface area is 181 Å². The van der Waals surface area contributed by atoms with E-state index in [1.807, 2.05) is 31.4 Å². The number of hydrogen-bond donors (Lipinski definition) is 1. The van der Waals surface area contributed by atoms with Crippen molar-refractivity contribution in [3.63, 3.8) is 0 Å². The molecule has 5 rings (SSSR count). The molecular formula is C21H15ClN8O. The van der Waals surface area contributed by atoms with Gasteiger partial charge in [0.1, 0.15) is 12.2 Å². The third kappa shape index (κ3) is 3.39. The number of pyridine rings is 1. The first-order valence-electron chi connectivity index (χ1n) is 9.33. The lowest BCUT2D eigenvalue weighted by atomic mass is 10.1. The topological polar surface area (TPSA) is 112 Å². The third-order valence-corrected chi connectivity index (χ3v) is 5.14. The van der Waals surface area contributed by atoms with Gasteiger partial charge in [-0.25, -0.2) is 4.98 Å². The second-order valence-corrected chi connectivity index (χ2v) is 7.22. The van der Waals surface area contributed by atoms with Crippen LogP contribution in [0.15, 0.2) is 59.5 Å². The Morgan fingerprint density at radius 3 is 2.87 bits per heavy atom. The maximum absolute atomic E-state index is 9.28. The summed E-state index contributed by atoms with van der Waals surface area (Å²) < 4.78 is 7.68. The molecule has 5 aromatic rings. The van der Waals surface area contributed by atoms with Crippen molar-refractivity contribution in [3.8, 4) is 28.7 Å². The van der Waals surface area contributed by atoms with Crippen LogP contribution < -0.4 is 4.90 Å². The molecule has 0 aliphatic heterocycles. The van der Waals surface area contributed by atoms with Crippen LogP contribution in [0.2, 0.25) is 5.02 Å². The SMILES string of the molecule is Cn1cc(-c2cnc3[nH]cc(-c4nnc(N(CC#N)c5ccccc5Cl)o4)c3c2)cn1. The minimum absolute atomic E-state index is 0.00591. The van der Waals surface area contributed by atoms with Gasteiger partial charge in [-0.3, -0.25) is 9.58 Å². The predicted octanol–water partition coefficient (Wildman–Crippen LogP) is 4.33. The second kappa shape index (κ2) is 7.59. The fourth-order valence-electron chi connectivity index (χ4n) is 3.34. The Bertz CT molecular complexity index is 1430. The molecule has 0 saturated carbocycles. The van der Waals surface area contributed by atoms with Crippen molar-refractivity contribution in [2.75, 3.05) is 11.4 Å². The number of anilines is 2. The van der Waals surface area contributed by atoms with Crippen molar-refractivity contribution < 1.29 is 4.42 Å². The van der Waals surface area contributed by atoms with E-state index in [9.17, 15) is 5.26 Å². The van der Waals surface area contributed by atoms with Gasteiger partial charge < -0.3 is 9.40 Å². The Balaban J connectivity index is 1.56. The van der Waals surface area contributed by atoms with E-state index in [2.05, 4.69) is 31.3 Å². The summed E-state index contributed by atoms with van der Waals surface area (Å²) in [6, 6.07) is 11.5. The van der Waals surface area contributed by atoms with Gasteiger partial charge >= 0.3 is 6.01 Å². The van der Waals surface area contributed by atoms with Gasteiger partial charge in [-0.2, -0.15) is 10.4 Å². The second-order valence-electron chi connectivity index (χ2n) is 6.81. The molecule has 0 spiro atoms. The Hall–Kier alpha value is -4.16. The minimum atomic E-state index is 0.00591. The van der Waals surface area contributed by atoms with Crippen LogP contribution in [0.5, 0.6) is 0 Å². The number of para-hydroxylation sites is 1. The Morgan fingerprint density at radius 2 is 2.10 bits per heavy atom. The zero-order valence-corrected chi connectivity index (χ0v) is 17.1. The fourth-order valence-corrected chi connectivity index (χ4v) is 3.58. The number of halogens is 1. The molecule has 0 aliphatic rings. The number of aryl methyl sites for hydroxylation is 1. The molecule has 0 aliphatic carbocycles. The van der Waals surface area contributed by atoms with Crippen LogP contribution in [0.3, 0.4) is 0 Å². The molecule has 0 atom stereocenters. The number of rotatable bonds is 5. The predicted molar refractivity (Wildman–Crippen MR) is 116 cm³/mol. The maximum atomic E-state index is 9.28. The van der Waals surface area contributed by atoms with Crippen LogP contribution in [-0.2, 0) is 7.05 Å². The largest absolute Gasteiger partial charge is 0.403 e. The van der Waals surface area contributed by atoms with E-state index >= 15 is 0 Å². The molecule has 9 nitrogen and oxygen atoms in total. The van der Waals surface area contributed by atoms with Crippen LogP contribution in [0.25, 0.3) is 33.6 Å². The Morgan fingerprint density at radius 1 is 1.23 bits per heavy atom. The van der Waals surface area contributed by atoms with Crippen molar-refractivity contribution in [1.82, 2.24) is 29.9 Å². The lowest BCUT2D eigenvalue weighted by molar-refractivity contribution is 0.568.